The van der Waals surface area contributed by atoms with Crippen LogP contribution in [0.3, 0.4) is 0 Å². The minimum Gasteiger partial charge on any atom is -0.481 e. The first-order valence-electron chi connectivity index (χ1n) is 6.29. The highest BCUT2D eigenvalue weighted by atomic mass is 79.9. The minimum absolute atomic E-state index is 0.148. The molecule has 0 atom stereocenters. The van der Waals surface area contributed by atoms with Gasteiger partial charge in [-0.1, -0.05) is 6.42 Å². The summed E-state index contributed by atoms with van der Waals surface area (Å²) in [6, 6.07) is 4.21. The second-order valence-corrected chi connectivity index (χ2v) is 5.18. The summed E-state index contributed by atoms with van der Waals surface area (Å²) in [5.41, 5.74) is 0.662. The molecule has 0 unspecified atom stereocenters. The van der Waals surface area contributed by atoms with Crippen LogP contribution in [0.25, 0.3) is 0 Å². The summed E-state index contributed by atoms with van der Waals surface area (Å²) in [5, 5.41) is 11.5. The first-order chi connectivity index (χ1) is 9.78. The van der Waals surface area contributed by atoms with Gasteiger partial charge in [0.15, 0.2) is 0 Å². The quantitative estimate of drug-likeness (QED) is 0.666. The van der Waals surface area contributed by atoms with Crippen LogP contribution in [0.5, 0.6) is 5.75 Å². The number of benzene rings is 1. The predicted molar refractivity (Wildman–Crippen MR) is 75.4 cm³/mol. The van der Waals surface area contributed by atoms with Crippen molar-refractivity contribution in [1.82, 2.24) is 0 Å². The number of halogens is 4. The number of nitrogens with one attached hydrogen (secondary N) is 1. The Morgan fingerprint density at radius 2 is 2.00 bits per heavy atom. The number of carbonyl (C=O) groups is 1. The van der Waals surface area contributed by atoms with Gasteiger partial charge < -0.3 is 15.2 Å². The first-order valence-corrected chi connectivity index (χ1v) is 7.08. The Bertz CT molecular complexity index is 480. The molecule has 21 heavy (non-hydrogen) atoms. The van der Waals surface area contributed by atoms with Crippen molar-refractivity contribution in [1.29, 1.82) is 0 Å². The number of carboxylic acid groups (broad SMARTS) is 1. The molecular weight excluding hydrogens is 355 g/mol. The van der Waals surface area contributed by atoms with E-state index in [1.54, 1.807) is 0 Å². The topological polar surface area (TPSA) is 58.6 Å². The number of ether oxygens (including phenoxy) is 1. The van der Waals surface area contributed by atoms with Crippen LogP contribution >= 0.6 is 15.9 Å². The molecule has 0 bridgehead atoms. The van der Waals surface area contributed by atoms with Crippen molar-refractivity contribution in [2.24, 2.45) is 0 Å². The SMILES string of the molecule is O=C(O)CCCCCNc1ccc(OC(F)(F)F)c(Br)c1. The molecule has 0 saturated carbocycles. The second-order valence-electron chi connectivity index (χ2n) is 4.32. The molecule has 0 aliphatic carbocycles. The minimum atomic E-state index is -4.72. The number of hydrogen-bond acceptors (Lipinski definition) is 3. The van der Waals surface area contributed by atoms with Gasteiger partial charge in [-0.2, -0.15) is 0 Å². The molecule has 0 saturated heterocycles. The van der Waals surface area contributed by atoms with E-state index < -0.39 is 12.3 Å². The lowest BCUT2D eigenvalue weighted by Gasteiger charge is -2.12. The molecule has 2 N–H and O–H groups in total. The Morgan fingerprint density at radius 1 is 1.29 bits per heavy atom. The van der Waals surface area contributed by atoms with Gasteiger partial charge in [-0.15, -0.1) is 13.2 Å². The van der Waals surface area contributed by atoms with E-state index in [0.29, 0.717) is 18.7 Å². The third-order valence-electron chi connectivity index (χ3n) is 2.55. The van der Waals surface area contributed by atoms with E-state index in [4.69, 9.17) is 5.11 Å². The van der Waals surface area contributed by atoms with Gasteiger partial charge in [0, 0.05) is 18.7 Å². The zero-order chi connectivity index (χ0) is 15.9. The lowest BCUT2D eigenvalue weighted by Crippen LogP contribution is -2.17. The second kappa shape index (κ2) is 8.11. The molecule has 0 aromatic heterocycles. The van der Waals surface area contributed by atoms with Crippen LogP contribution in [0.1, 0.15) is 25.7 Å². The molecule has 8 heteroatoms. The molecule has 0 spiro atoms. The Balaban J connectivity index is 2.37. The third kappa shape index (κ3) is 7.79. The number of hydrogen-bond donors (Lipinski definition) is 2. The monoisotopic (exact) mass is 369 g/mol. The highest BCUT2D eigenvalue weighted by molar-refractivity contribution is 9.10. The maximum absolute atomic E-state index is 12.1. The Morgan fingerprint density at radius 3 is 2.57 bits per heavy atom. The number of anilines is 1. The van der Waals surface area contributed by atoms with Gasteiger partial charge in [-0.25, -0.2) is 0 Å². The Hall–Kier alpha value is -1.44. The highest BCUT2D eigenvalue weighted by Gasteiger charge is 2.31. The molecule has 118 valence electrons. The lowest BCUT2D eigenvalue weighted by atomic mass is 10.2. The van der Waals surface area contributed by atoms with Crippen molar-refractivity contribution in [3.8, 4) is 5.75 Å². The van der Waals surface area contributed by atoms with Gasteiger partial charge in [0.05, 0.1) is 4.47 Å². The average Bonchev–Trinajstić information content (AvgIpc) is 2.35. The molecule has 1 aromatic rings. The zero-order valence-electron chi connectivity index (χ0n) is 11.0. The molecule has 0 aliphatic rings. The molecule has 1 aromatic carbocycles. The van der Waals surface area contributed by atoms with E-state index in [-0.39, 0.29) is 16.6 Å². The maximum atomic E-state index is 12.1. The molecule has 0 heterocycles. The number of carboxylic acids is 1. The number of aliphatic carboxylic acids is 1. The third-order valence-corrected chi connectivity index (χ3v) is 3.17. The van der Waals surface area contributed by atoms with Crippen LogP contribution in [-0.4, -0.2) is 24.0 Å². The molecule has 0 fully saturated rings. The van der Waals surface area contributed by atoms with Gasteiger partial charge in [-0.05, 0) is 47.0 Å². The van der Waals surface area contributed by atoms with Crippen molar-refractivity contribution >= 4 is 27.6 Å². The molecule has 1 rings (SSSR count). The smallest absolute Gasteiger partial charge is 0.481 e. The summed E-state index contributed by atoms with van der Waals surface area (Å²) in [6.45, 7) is 0.617. The maximum Gasteiger partial charge on any atom is 0.573 e. The van der Waals surface area contributed by atoms with E-state index in [2.05, 4.69) is 26.0 Å². The lowest BCUT2D eigenvalue weighted by molar-refractivity contribution is -0.274. The van der Waals surface area contributed by atoms with E-state index in [1.807, 2.05) is 0 Å². The van der Waals surface area contributed by atoms with Crippen LogP contribution in [0.2, 0.25) is 0 Å². The fraction of sp³-hybridized carbons (Fsp3) is 0.462. The van der Waals surface area contributed by atoms with Crippen molar-refractivity contribution in [3.05, 3.63) is 22.7 Å². The summed E-state index contributed by atoms with van der Waals surface area (Å²) >= 11 is 3.02. The van der Waals surface area contributed by atoms with Crippen molar-refractivity contribution in [3.63, 3.8) is 0 Å². The largest absolute Gasteiger partial charge is 0.573 e. The van der Waals surface area contributed by atoms with Crippen molar-refractivity contribution in [2.75, 3.05) is 11.9 Å². The number of alkyl halides is 3. The van der Waals surface area contributed by atoms with Crippen molar-refractivity contribution in [2.45, 2.75) is 32.0 Å². The Labute approximate surface area is 128 Å². The van der Waals surface area contributed by atoms with E-state index in [0.717, 1.165) is 12.8 Å². The normalized spacial score (nSPS) is 11.2. The van der Waals surface area contributed by atoms with Crippen molar-refractivity contribution < 1.29 is 27.8 Å². The molecular formula is C13H15BrF3NO3. The van der Waals surface area contributed by atoms with Gasteiger partial charge in [0.1, 0.15) is 5.75 Å². The van der Waals surface area contributed by atoms with E-state index in [1.165, 1.54) is 18.2 Å². The fourth-order valence-corrected chi connectivity index (χ4v) is 2.09. The summed E-state index contributed by atoms with van der Waals surface area (Å²) in [4.78, 5) is 10.3. The predicted octanol–water partition coefficient (Wildman–Crippen LogP) is 4.40. The van der Waals surface area contributed by atoms with Gasteiger partial charge in [-0.3, -0.25) is 4.79 Å². The van der Waals surface area contributed by atoms with Crippen LogP contribution < -0.4 is 10.1 Å². The van der Waals surface area contributed by atoms with Crippen LogP contribution in [0.4, 0.5) is 18.9 Å². The highest BCUT2D eigenvalue weighted by Crippen LogP contribution is 2.32. The van der Waals surface area contributed by atoms with Gasteiger partial charge >= 0.3 is 12.3 Å². The first kappa shape index (κ1) is 17.6. The molecule has 0 aliphatic heterocycles. The summed E-state index contributed by atoms with van der Waals surface area (Å²) < 4.78 is 40.3. The van der Waals surface area contributed by atoms with Gasteiger partial charge in [0.2, 0.25) is 0 Å². The molecule has 4 nitrogen and oxygen atoms in total. The Kier molecular flexibility index (Phi) is 6.80. The summed E-state index contributed by atoms with van der Waals surface area (Å²) in [6.07, 6.45) is -2.41. The zero-order valence-corrected chi connectivity index (χ0v) is 12.6. The van der Waals surface area contributed by atoms with Crippen LogP contribution in [0, 0.1) is 0 Å². The standard InChI is InChI=1S/C13H15BrF3NO3/c14-10-8-9(5-6-11(10)21-13(15,16)17)18-7-3-1-2-4-12(19)20/h5-6,8,18H,1-4,7H2,(H,19,20). The van der Waals surface area contributed by atoms with Gasteiger partial charge in [0.25, 0.3) is 0 Å². The summed E-state index contributed by atoms with van der Waals surface area (Å²) in [5.74, 6) is -1.11. The number of rotatable bonds is 8. The van der Waals surface area contributed by atoms with E-state index >= 15 is 0 Å². The van der Waals surface area contributed by atoms with E-state index in [9.17, 15) is 18.0 Å². The molecule has 0 radical (unpaired) electrons. The van der Waals surface area contributed by atoms with Crippen LogP contribution in [-0.2, 0) is 4.79 Å². The fourth-order valence-electron chi connectivity index (χ4n) is 1.63. The average molecular weight is 370 g/mol. The van der Waals surface area contributed by atoms with Crippen LogP contribution in [0.15, 0.2) is 22.7 Å². The summed E-state index contributed by atoms with van der Waals surface area (Å²) in [7, 11) is 0. The number of unbranched alkanes of at least 4 members (excludes halogenated alkanes) is 2. The molecule has 0 amide bonds.